The second-order valence-corrected chi connectivity index (χ2v) is 5.13. The number of nitrogens with two attached hydrogens (primary N) is 1. The fourth-order valence-corrected chi connectivity index (χ4v) is 2.56. The maximum absolute atomic E-state index is 13.5. The minimum atomic E-state index is -0.658. The predicted octanol–water partition coefficient (Wildman–Crippen LogP) is 3.45. The molecule has 0 saturated heterocycles. The molecule has 2 aromatic carbocycles. The van der Waals surface area contributed by atoms with E-state index < -0.39 is 16.6 Å². The molecule has 0 aromatic heterocycles. The van der Waals surface area contributed by atoms with Gasteiger partial charge >= 0.3 is 0 Å². The lowest BCUT2D eigenvalue weighted by Crippen LogP contribution is -2.09. The van der Waals surface area contributed by atoms with Crippen molar-refractivity contribution in [3.63, 3.8) is 0 Å². The van der Waals surface area contributed by atoms with Gasteiger partial charge in [0, 0.05) is 22.8 Å². The van der Waals surface area contributed by atoms with E-state index >= 15 is 0 Å². The molecule has 0 bridgehead atoms. The van der Waals surface area contributed by atoms with Gasteiger partial charge in [0.05, 0.1) is 4.92 Å². The number of halogens is 2. The summed E-state index contributed by atoms with van der Waals surface area (Å²) in [6, 6.07) is 7.79. The third-order valence-corrected chi connectivity index (χ3v) is 3.82. The van der Waals surface area contributed by atoms with Crippen molar-refractivity contribution in [3.05, 3.63) is 63.7 Å². The number of nitro benzene ring substituents is 1. The third kappa shape index (κ3) is 3.67. The predicted molar refractivity (Wildman–Crippen MR) is 76.8 cm³/mol. The van der Waals surface area contributed by atoms with Gasteiger partial charge in [0.2, 0.25) is 0 Å². The Balaban J connectivity index is 2.16. The average molecular weight is 311 g/mol. The number of hydrazine groups is 1. The van der Waals surface area contributed by atoms with Crippen LogP contribution in [-0.2, 0) is 5.75 Å². The number of nitrogens with one attached hydrogen (secondary N) is 1. The second-order valence-electron chi connectivity index (χ2n) is 4.12. The lowest BCUT2D eigenvalue weighted by Gasteiger charge is -2.06. The van der Waals surface area contributed by atoms with Crippen LogP contribution in [0.25, 0.3) is 0 Å². The highest BCUT2D eigenvalue weighted by Gasteiger charge is 2.14. The molecule has 0 heterocycles. The van der Waals surface area contributed by atoms with Gasteiger partial charge in [0.1, 0.15) is 17.3 Å². The number of anilines is 1. The topological polar surface area (TPSA) is 81.2 Å². The maximum atomic E-state index is 13.5. The zero-order valence-electron chi connectivity index (χ0n) is 10.7. The fraction of sp³-hybridized carbons (Fsp3) is 0.0769. The molecule has 2 aromatic rings. The Morgan fingerprint density at radius 1 is 1.24 bits per heavy atom. The maximum Gasteiger partial charge on any atom is 0.293 e. The SMILES string of the molecule is NNc1ccc(CSc2ccc(F)cc2F)cc1[N+](=O)[O-]. The standard InChI is InChI=1S/C13H11F2N3O2S/c14-9-2-4-13(10(15)6-9)21-7-8-1-3-11(17-16)12(5-8)18(19)20/h1-6,17H,7,16H2. The second kappa shape index (κ2) is 6.51. The number of thioether (sulfide) groups is 1. The summed E-state index contributed by atoms with van der Waals surface area (Å²) >= 11 is 1.13. The van der Waals surface area contributed by atoms with Gasteiger partial charge in [-0.25, -0.2) is 8.78 Å². The molecule has 0 fully saturated rings. The van der Waals surface area contributed by atoms with Gasteiger partial charge in [0.15, 0.2) is 0 Å². The van der Waals surface area contributed by atoms with Crippen LogP contribution in [0.15, 0.2) is 41.3 Å². The van der Waals surface area contributed by atoms with Gasteiger partial charge in [-0.15, -0.1) is 11.8 Å². The van der Waals surface area contributed by atoms with Gasteiger partial charge in [-0.3, -0.25) is 16.0 Å². The number of nitro groups is 1. The van der Waals surface area contributed by atoms with Gasteiger partial charge in [0.25, 0.3) is 5.69 Å². The summed E-state index contributed by atoms with van der Waals surface area (Å²) in [5.41, 5.74) is 2.92. The number of hydrogen-bond acceptors (Lipinski definition) is 5. The highest BCUT2D eigenvalue weighted by atomic mass is 32.2. The normalized spacial score (nSPS) is 10.4. The number of rotatable bonds is 5. The van der Waals surface area contributed by atoms with E-state index in [2.05, 4.69) is 5.43 Å². The molecule has 0 spiro atoms. The molecule has 3 N–H and O–H groups in total. The largest absolute Gasteiger partial charge is 0.318 e. The van der Waals surface area contributed by atoms with Crippen molar-refractivity contribution < 1.29 is 13.7 Å². The van der Waals surface area contributed by atoms with Crippen LogP contribution in [0.5, 0.6) is 0 Å². The summed E-state index contributed by atoms with van der Waals surface area (Å²) in [6.45, 7) is 0. The average Bonchev–Trinajstić information content (AvgIpc) is 2.46. The van der Waals surface area contributed by atoms with Crippen LogP contribution in [0.2, 0.25) is 0 Å². The van der Waals surface area contributed by atoms with Crippen LogP contribution in [0.1, 0.15) is 5.56 Å². The first-order valence-electron chi connectivity index (χ1n) is 5.83. The zero-order valence-corrected chi connectivity index (χ0v) is 11.5. The molecule has 21 heavy (non-hydrogen) atoms. The molecule has 0 saturated carbocycles. The van der Waals surface area contributed by atoms with Crippen LogP contribution >= 0.6 is 11.8 Å². The molecule has 0 unspecified atom stereocenters. The summed E-state index contributed by atoms with van der Waals surface area (Å²) in [5.74, 6) is 4.20. The van der Waals surface area contributed by atoms with Crippen molar-refractivity contribution in [1.29, 1.82) is 0 Å². The van der Waals surface area contributed by atoms with Crippen LogP contribution < -0.4 is 11.3 Å². The minimum Gasteiger partial charge on any atom is -0.318 e. The van der Waals surface area contributed by atoms with Crippen molar-refractivity contribution in [2.75, 3.05) is 5.43 Å². The van der Waals surface area contributed by atoms with E-state index in [-0.39, 0.29) is 16.3 Å². The van der Waals surface area contributed by atoms with Crippen LogP contribution in [0, 0.1) is 21.7 Å². The first-order chi connectivity index (χ1) is 10.0. The molecule has 0 atom stereocenters. The van der Waals surface area contributed by atoms with E-state index in [0.717, 1.165) is 23.9 Å². The quantitative estimate of drug-likeness (QED) is 0.382. The first-order valence-corrected chi connectivity index (χ1v) is 6.81. The third-order valence-electron chi connectivity index (χ3n) is 2.70. The van der Waals surface area contributed by atoms with E-state index in [4.69, 9.17) is 5.84 Å². The molecule has 2 rings (SSSR count). The zero-order chi connectivity index (χ0) is 15.4. The van der Waals surface area contributed by atoms with Crippen LogP contribution in [0.4, 0.5) is 20.2 Å². The van der Waals surface area contributed by atoms with E-state index in [1.807, 2.05) is 0 Å². The lowest BCUT2D eigenvalue weighted by molar-refractivity contribution is -0.384. The number of nitrogen functional groups attached to an aromatic ring is 1. The van der Waals surface area contributed by atoms with Crippen molar-refractivity contribution in [2.24, 2.45) is 5.84 Å². The summed E-state index contributed by atoms with van der Waals surface area (Å²) in [5, 5.41) is 10.9. The summed E-state index contributed by atoms with van der Waals surface area (Å²) < 4.78 is 26.3. The monoisotopic (exact) mass is 311 g/mol. The smallest absolute Gasteiger partial charge is 0.293 e. The summed E-state index contributed by atoms with van der Waals surface area (Å²) in [6.07, 6.45) is 0. The molecule has 110 valence electrons. The van der Waals surface area contributed by atoms with Crippen molar-refractivity contribution in [2.45, 2.75) is 10.6 Å². The van der Waals surface area contributed by atoms with E-state index in [0.29, 0.717) is 11.3 Å². The fourth-order valence-electron chi connectivity index (χ4n) is 1.69. The Labute approximate surface area is 123 Å². The Bertz CT molecular complexity index is 682. The molecule has 0 aliphatic rings. The van der Waals surface area contributed by atoms with Crippen molar-refractivity contribution in [3.8, 4) is 0 Å². The molecule has 5 nitrogen and oxygen atoms in total. The number of hydrogen-bond donors (Lipinski definition) is 2. The van der Waals surface area contributed by atoms with Crippen molar-refractivity contribution in [1.82, 2.24) is 0 Å². The Morgan fingerprint density at radius 2 is 2.00 bits per heavy atom. The van der Waals surface area contributed by atoms with Gasteiger partial charge in [-0.1, -0.05) is 6.07 Å². The lowest BCUT2D eigenvalue weighted by atomic mass is 10.2. The highest BCUT2D eigenvalue weighted by molar-refractivity contribution is 7.98. The van der Waals surface area contributed by atoms with E-state index in [1.165, 1.54) is 18.2 Å². The molecule has 0 radical (unpaired) electrons. The highest BCUT2D eigenvalue weighted by Crippen LogP contribution is 2.30. The van der Waals surface area contributed by atoms with Gasteiger partial charge < -0.3 is 5.43 Å². The van der Waals surface area contributed by atoms with Crippen LogP contribution in [0.3, 0.4) is 0 Å². The Kier molecular flexibility index (Phi) is 4.71. The van der Waals surface area contributed by atoms with E-state index in [9.17, 15) is 18.9 Å². The Hall–Kier alpha value is -2.19. The first kappa shape index (κ1) is 15.2. The molecular weight excluding hydrogens is 300 g/mol. The molecule has 0 amide bonds. The molecular formula is C13H11F2N3O2S. The number of benzene rings is 2. The van der Waals surface area contributed by atoms with Crippen LogP contribution in [-0.4, -0.2) is 4.92 Å². The summed E-state index contributed by atoms with van der Waals surface area (Å²) in [4.78, 5) is 10.6. The van der Waals surface area contributed by atoms with Gasteiger partial charge in [-0.2, -0.15) is 0 Å². The van der Waals surface area contributed by atoms with E-state index in [1.54, 1.807) is 6.07 Å². The minimum absolute atomic E-state index is 0.157. The number of nitrogens with zero attached hydrogens (tertiary/aromatic N) is 1. The van der Waals surface area contributed by atoms with Crippen molar-refractivity contribution >= 4 is 23.1 Å². The molecule has 0 aliphatic heterocycles. The summed E-state index contributed by atoms with van der Waals surface area (Å²) in [7, 11) is 0. The van der Waals surface area contributed by atoms with Gasteiger partial charge in [-0.05, 0) is 23.8 Å². The Morgan fingerprint density at radius 3 is 2.62 bits per heavy atom. The molecule has 0 aliphatic carbocycles. The molecule has 8 heteroatoms.